The standard InChI is InChI=1S/C20H17BrN2O3S2/c21-18-8-9-19(27-18)28(25,26)22-13-14-6-7-15-10-11-23(17(15)12-14)20(24)16-4-2-1-3-5-16/h1-9,12,22H,10-11,13H2. The fourth-order valence-electron chi connectivity index (χ4n) is 3.17. The molecule has 8 heteroatoms. The van der Waals surface area contributed by atoms with E-state index in [9.17, 15) is 13.2 Å². The summed E-state index contributed by atoms with van der Waals surface area (Å²) in [7, 11) is -3.57. The molecule has 0 unspecified atom stereocenters. The number of nitrogens with one attached hydrogen (secondary N) is 1. The van der Waals surface area contributed by atoms with Gasteiger partial charge >= 0.3 is 0 Å². The number of rotatable bonds is 5. The Hall–Kier alpha value is -2.00. The molecule has 4 rings (SSSR count). The van der Waals surface area contributed by atoms with Crippen molar-refractivity contribution in [2.75, 3.05) is 11.4 Å². The number of halogens is 1. The first-order valence-corrected chi connectivity index (χ1v) is 11.8. The van der Waals surface area contributed by atoms with Gasteiger partial charge in [-0.3, -0.25) is 4.79 Å². The van der Waals surface area contributed by atoms with E-state index < -0.39 is 10.0 Å². The van der Waals surface area contributed by atoms with Crippen molar-refractivity contribution in [3.8, 4) is 0 Å². The number of carbonyl (C=O) groups is 1. The Morgan fingerprint density at radius 2 is 1.89 bits per heavy atom. The predicted octanol–water partition coefficient (Wildman–Crippen LogP) is 4.19. The highest BCUT2D eigenvalue weighted by Crippen LogP contribution is 2.31. The smallest absolute Gasteiger partial charge is 0.258 e. The first-order chi connectivity index (χ1) is 13.4. The summed E-state index contributed by atoms with van der Waals surface area (Å²) in [5.41, 5.74) is 3.40. The lowest BCUT2D eigenvalue weighted by atomic mass is 10.1. The molecule has 0 bridgehead atoms. The molecule has 0 fully saturated rings. The molecule has 2 aromatic carbocycles. The van der Waals surface area contributed by atoms with Gasteiger partial charge in [0.25, 0.3) is 5.91 Å². The maximum atomic E-state index is 12.8. The Morgan fingerprint density at radius 1 is 1.11 bits per heavy atom. The highest BCUT2D eigenvalue weighted by molar-refractivity contribution is 9.11. The molecule has 1 N–H and O–H groups in total. The molecule has 144 valence electrons. The van der Waals surface area contributed by atoms with Gasteiger partial charge in [-0.05, 0) is 63.8 Å². The Kier molecular flexibility index (Phi) is 5.37. The lowest BCUT2D eigenvalue weighted by molar-refractivity contribution is 0.0989. The van der Waals surface area contributed by atoms with Crippen LogP contribution >= 0.6 is 27.3 Å². The van der Waals surface area contributed by atoms with E-state index in [0.29, 0.717) is 12.1 Å². The van der Waals surface area contributed by atoms with Gasteiger partial charge < -0.3 is 4.90 Å². The monoisotopic (exact) mass is 476 g/mol. The number of nitrogens with zero attached hydrogens (tertiary/aromatic N) is 1. The van der Waals surface area contributed by atoms with Gasteiger partial charge in [-0.15, -0.1) is 11.3 Å². The van der Waals surface area contributed by atoms with E-state index >= 15 is 0 Å². The van der Waals surface area contributed by atoms with Crippen molar-refractivity contribution in [1.29, 1.82) is 0 Å². The molecule has 28 heavy (non-hydrogen) atoms. The molecule has 1 aromatic heterocycles. The van der Waals surface area contributed by atoms with Crippen LogP contribution in [0.15, 0.2) is 68.7 Å². The van der Waals surface area contributed by atoms with Gasteiger partial charge in [0, 0.05) is 24.3 Å². The van der Waals surface area contributed by atoms with Gasteiger partial charge in [0.1, 0.15) is 4.21 Å². The van der Waals surface area contributed by atoms with Crippen molar-refractivity contribution in [1.82, 2.24) is 4.72 Å². The average molecular weight is 477 g/mol. The molecule has 1 aliphatic rings. The van der Waals surface area contributed by atoms with Crippen LogP contribution in [-0.4, -0.2) is 20.9 Å². The Morgan fingerprint density at radius 3 is 2.61 bits per heavy atom. The largest absolute Gasteiger partial charge is 0.308 e. The molecular weight excluding hydrogens is 460 g/mol. The SMILES string of the molecule is O=C(c1ccccc1)N1CCc2ccc(CNS(=O)(=O)c3ccc(Br)s3)cc21. The normalized spacial score (nSPS) is 13.5. The van der Waals surface area contributed by atoms with Gasteiger partial charge in [-0.2, -0.15) is 0 Å². The zero-order valence-corrected chi connectivity index (χ0v) is 18.0. The summed E-state index contributed by atoms with van der Waals surface area (Å²) in [4.78, 5) is 14.6. The number of anilines is 1. The van der Waals surface area contributed by atoms with E-state index in [4.69, 9.17) is 0 Å². The van der Waals surface area contributed by atoms with E-state index in [0.717, 1.165) is 27.0 Å². The Balaban J connectivity index is 1.53. The summed E-state index contributed by atoms with van der Waals surface area (Å²) in [5, 5.41) is 0. The number of sulfonamides is 1. The summed E-state index contributed by atoms with van der Waals surface area (Å²) in [5.74, 6) is -0.0412. The minimum atomic E-state index is -3.57. The number of amides is 1. The van der Waals surface area contributed by atoms with Crippen molar-refractivity contribution >= 4 is 48.9 Å². The first kappa shape index (κ1) is 19.3. The predicted molar refractivity (Wildman–Crippen MR) is 114 cm³/mol. The number of hydrogen-bond donors (Lipinski definition) is 1. The second-order valence-corrected chi connectivity index (χ2v) is 10.9. The number of fused-ring (bicyclic) bond motifs is 1. The van der Waals surface area contributed by atoms with Gasteiger partial charge in [0.05, 0.1) is 3.79 Å². The summed E-state index contributed by atoms with van der Waals surface area (Å²) >= 11 is 4.45. The van der Waals surface area contributed by atoms with E-state index in [1.54, 1.807) is 29.2 Å². The molecule has 1 aliphatic heterocycles. The van der Waals surface area contributed by atoms with Gasteiger partial charge in [-0.25, -0.2) is 13.1 Å². The third kappa shape index (κ3) is 3.91. The third-order valence-electron chi connectivity index (χ3n) is 4.59. The molecule has 0 saturated heterocycles. The van der Waals surface area contributed by atoms with Crippen molar-refractivity contribution in [2.45, 2.75) is 17.2 Å². The molecule has 0 aliphatic carbocycles. The van der Waals surface area contributed by atoms with Crippen LogP contribution in [0.2, 0.25) is 0 Å². The number of benzene rings is 2. The molecule has 5 nitrogen and oxygen atoms in total. The maximum Gasteiger partial charge on any atom is 0.258 e. The average Bonchev–Trinajstić information content (AvgIpc) is 3.33. The van der Waals surface area contributed by atoms with Crippen LogP contribution in [0.3, 0.4) is 0 Å². The molecule has 0 radical (unpaired) electrons. The minimum absolute atomic E-state index is 0.0412. The molecule has 0 atom stereocenters. The van der Waals surface area contributed by atoms with Crippen molar-refractivity contribution in [3.05, 3.63) is 81.1 Å². The summed E-state index contributed by atoms with van der Waals surface area (Å²) in [6.45, 7) is 0.792. The second kappa shape index (κ2) is 7.79. The molecule has 1 amide bonds. The fraction of sp³-hybridized carbons (Fsp3) is 0.150. The van der Waals surface area contributed by atoms with Gasteiger partial charge in [0.15, 0.2) is 0 Å². The van der Waals surface area contributed by atoms with Gasteiger partial charge in [0.2, 0.25) is 10.0 Å². The summed E-state index contributed by atoms with van der Waals surface area (Å²) < 4.78 is 28.5. The Bertz CT molecular complexity index is 1130. The molecular formula is C20H17BrN2O3S2. The number of carbonyl (C=O) groups excluding carboxylic acids is 1. The van der Waals surface area contributed by atoms with Crippen LogP contribution in [0.5, 0.6) is 0 Å². The van der Waals surface area contributed by atoms with E-state index in [1.807, 2.05) is 36.4 Å². The third-order valence-corrected chi connectivity index (χ3v) is 8.11. The zero-order chi connectivity index (χ0) is 19.7. The minimum Gasteiger partial charge on any atom is -0.308 e. The van der Waals surface area contributed by atoms with Crippen molar-refractivity contribution < 1.29 is 13.2 Å². The highest BCUT2D eigenvalue weighted by atomic mass is 79.9. The van der Waals surface area contributed by atoms with E-state index in [-0.39, 0.29) is 16.7 Å². The molecule has 3 aromatic rings. The highest BCUT2D eigenvalue weighted by Gasteiger charge is 2.26. The summed E-state index contributed by atoms with van der Waals surface area (Å²) in [6, 6.07) is 18.2. The van der Waals surface area contributed by atoms with Crippen LogP contribution in [0.1, 0.15) is 21.5 Å². The molecule has 0 saturated carbocycles. The first-order valence-electron chi connectivity index (χ1n) is 8.68. The quantitative estimate of drug-likeness (QED) is 0.600. The van der Waals surface area contributed by atoms with Crippen LogP contribution in [0, 0.1) is 0 Å². The maximum absolute atomic E-state index is 12.8. The number of thiophene rings is 1. The van der Waals surface area contributed by atoms with Crippen LogP contribution in [0.4, 0.5) is 5.69 Å². The van der Waals surface area contributed by atoms with Crippen molar-refractivity contribution in [2.24, 2.45) is 0 Å². The van der Waals surface area contributed by atoms with Crippen LogP contribution < -0.4 is 9.62 Å². The van der Waals surface area contributed by atoms with Gasteiger partial charge in [-0.1, -0.05) is 30.3 Å². The van der Waals surface area contributed by atoms with Crippen molar-refractivity contribution in [3.63, 3.8) is 0 Å². The lowest BCUT2D eigenvalue weighted by Crippen LogP contribution is -2.29. The van der Waals surface area contributed by atoms with Crippen LogP contribution in [0.25, 0.3) is 0 Å². The second-order valence-electron chi connectivity index (χ2n) is 6.42. The Labute approximate surface area is 176 Å². The molecule has 0 spiro atoms. The lowest BCUT2D eigenvalue weighted by Gasteiger charge is -2.18. The zero-order valence-electron chi connectivity index (χ0n) is 14.8. The topological polar surface area (TPSA) is 66.5 Å². The van der Waals surface area contributed by atoms with Crippen LogP contribution in [-0.2, 0) is 23.0 Å². The van der Waals surface area contributed by atoms with E-state index in [1.165, 1.54) is 11.3 Å². The van der Waals surface area contributed by atoms with E-state index in [2.05, 4.69) is 20.7 Å². The molecule has 2 heterocycles. The number of hydrogen-bond acceptors (Lipinski definition) is 4. The fourth-order valence-corrected chi connectivity index (χ4v) is 6.25. The summed E-state index contributed by atoms with van der Waals surface area (Å²) in [6.07, 6.45) is 0.795.